The van der Waals surface area contributed by atoms with Gasteiger partial charge in [-0.1, -0.05) is 6.92 Å². The van der Waals surface area contributed by atoms with Crippen molar-refractivity contribution in [3.05, 3.63) is 34.5 Å². The lowest BCUT2D eigenvalue weighted by Gasteiger charge is -2.16. The molecule has 0 radical (unpaired) electrons. The van der Waals surface area contributed by atoms with Crippen molar-refractivity contribution in [1.29, 1.82) is 0 Å². The molecule has 0 amide bonds. The second-order valence-electron chi connectivity index (χ2n) is 5.32. The van der Waals surface area contributed by atoms with Crippen molar-refractivity contribution in [1.82, 2.24) is 25.4 Å². The third-order valence-corrected chi connectivity index (χ3v) is 4.06. The first-order chi connectivity index (χ1) is 10.7. The number of aromatic nitrogens is 3. The second kappa shape index (κ2) is 8.53. The molecule has 1 atom stereocenters. The molecule has 0 bridgehead atoms. The molecule has 2 heterocycles. The number of nitrogens with zero attached hydrogens (tertiary/aromatic N) is 4. The number of hydrogen-bond donors (Lipinski definition) is 2. The van der Waals surface area contributed by atoms with Crippen molar-refractivity contribution < 1.29 is 0 Å². The number of thiazole rings is 1. The molecule has 0 saturated heterocycles. The van der Waals surface area contributed by atoms with E-state index in [9.17, 15) is 0 Å². The standard InChI is InChI=1S/C15H24N6S/c1-12(10-21-8-4-6-19-21)9-18-15(16-3)17-7-5-14-11-22-13(2)20-14/h4,6,8,11-12H,5,7,9-10H2,1-3H3,(H2,16,17,18). The Balaban J connectivity index is 1.66. The highest BCUT2D eigenvalue weighted by atomic mass is 32.1. The van der Waals surface area contributed by atoms with Crippen LogP contribution in [-0.4, -0.2) is 40.9 Å². The highest BCUT2D eigenvalue weighted by molar-refractivity contribution is 7.09. The topological polar surface area (TPSA) is 67.1 Å². The van der Waals surface area contributed by atoms with E-state index in [0.717, 1.165) is 42.7 Å². The van der Waals surface area contributed by atoms with Gasteiger partial charge >= 0.3 is 0 Å². The molecule has 2 N–H and O–H groups in total. The molecule has 22 heavy (non-hydrogen) atoms. The first-order valence-electron chi connectivity index (χ1n) is 7.50. The first kappa shape index (κ1) is 16.5. The van der Waals surface area contributed by atoms with Crippen molar-refractivity contribution in [2.24, 2.45) is 10.9 Å². The summed E-state index contributed by atoms with van der Waals surface area (Å²) >= 11 is 1.69. The van der Waals surface area contributed by atoms with Gasteiger partial charge in [-0.15, -0.1) is 11.3 Å². The van der Waals surface area contributed by atoms with E-state index in [1.165, 1.54) is 0 Å². The zero-order chi connectivity index (χ0) is 15.8. The fourth-order valence-electron chi connectivity index (χ4n) is 2.12. The summed E-state index contributed by atoms with van der Waals surface area (Å²) in [6.07, 6.45) is 4.70. The van der Waals surface area contributed by atoms with Crippen LogP contribution in [0.3, 0.4) is 0 Å². The molecule has 0 fully saturated rings. The smallest absolute Gasteiger partial charge is 0.190 e. The summed E-state index contributed by atoms with van der Waals surface area (Å²) in [4.78, 5) is 8.71. The van der Waals surface area contributed by atoms with Crippen LogP contribution >= 0.6 is 11.3 Å². The Morgan fingerprint density at radius 3 is 2.95 bits per heavy atom. The summed E-state index contributed by atoms with van der Waals surface area (Å²) in [6.45, 7) is 6.81. The van der Waals surface area contributed by atoms with Gasteiger partial charge in [-0.05, 0) is 18.9 Å². The molecule has 7 heteroatoms. The third-order valence-electron chi connectivity index (χ3n) is 3.24. The van der Waals surface area contributed by atoms with E-state index < -0.39 is 0 Å². The average molecular weight is 320 g/mol. The molecule has 2 aromatic rings. The SMILES string of the molecule is CN=C(NCCc1csc(C)n1)NCC(C)Cn1cccn1. The van der Waals surface area contributed by atoms with E-state index in [2.05, 4.69) is 38.0 Å². The van der Waals surface area contributed by atoms with Gasteiger partial charge in [-0.2, -0.15) is 5.10 Å². The van der Waals surface area contributed by atoms with Crippen LogP contribution in [0.5, 0.6) is 0 Å². The summed E-state index contributed by atoms with van der Waals surface area (Å²) in [5, 5.41) is 14.1. The minimum absolute atomic E-state index is 0.472. The van der Waals surface area contributed by atoms with Crippen molar-refractivity contribution in [2.75, 3.05) is 20.1 Å². The second-order valence-corrected chi connectivity index (χ2v) is 6.38. The van der Waals surface area contributed by atoms with E-state index in [1.54, 1.807) is 24.6 Å². The third kappa shape index (κ3) is 5.48. The van der Waals surface area contributed by atoms with Gasteiger partial charge in [0.2, 0.25) is 0 Å². The summed E-state index contributed by atoms with van der Waals surface area (Å²) in [6, 6.07) is 1.95. The lowest BCUT2D eigenvalue weighted by Crippen LogP contribution is -2.40. The molecule has 0 spiro atoms. The van der Waals surface area contributed by atoms with Crippen LogP contribution in [0, 0.1) is 12.8 Å². The molecular formula is C15H24N6S. The zero-order valence-electron chi connectivity index (χ0n) is 13.4. The number of aliphatic imine (C=N–C) groups is 1. The maximum absolute atomic E-state index is 4.46. The van der Waals surface area contributed by atoms with Crippen molar-refractivity contribution in [3.8, 4) is 0 Å². The van der Waals surface area contributed by atoms with Gasteiger partial charge in [0.15, 0.2) is 5.96 Å². The van der Waals surface area contributed by atoms with Crippen LogP contribution in [0.4, 0.5) is 0 Å². The van der Waals surface area contributed by atoms with Gasteiger partial charge < -0.3 is 10.6 Å². The molecule has 2 aromatic heterocycles. The largest absolute Gasteiger partial charge is 0.356 e. The highest BCUT2D eigenvalue weighted by Gasteiger charge is 2.05. The molecule has 0 saturated carbocycles. The number of rotatable bonds is 7. The molecule has 0 aliphatic carbocycles. The molecule has 0 aliphatic heterocycles. The molecule has 6 nitrogen and oxygen atoms in total. The van der Waals surface area contributed by atoms with E-state index in [4.69, 9.17) is 0 Å². The number of nitrogens with one attached hydrogen (secondary N) is 2. The van der Waals surface area contributed by atoms with Crippen LogP contribution in [0.1, 0.15) is 17.6 Å². The predicted octanol–water partition coefficient (Wildman–Crippen LogP) is 1.69. The van der Waals surface area contributed by atoms with Crippen LogP contribution in [-0.2, 0) is 13.0 Å². The number of hydrogen-bond acceptors (Lipinski definition) is 4. The van der Waals surface area contributed by atoms with Crippen LogP contribution in [0.15, 0.2) is 28.8 Å². The van der Waals surface area contributed by atoms with Crippen molar-refractivity contribution >= 4 is 17.3 Å². The van der Waals surface area contributed by atoms with Crippen LogP contribution < -0.4 is 10.6 Å². The molecule has 120 valence electrons. The van der Waals surface area contributed by atoms with E-state index in [-0.39, 0.29) is 0 Å². The van der Waals surface area contributed by atoms with E-state index in [0.29, 0.717) is 5.92 Å². The minimum atomic E-state index is 0.472. The highest BCUT2D eigenvalue weighted by Crippen LogP contribution is 2.07. The Morgan fingerprint density at radius 1 is 1.45 bits per heavy atom. The molecule has 1 unspecified atom stereocenters. The maximum atomic E-state index is 4.46. The molecule has 2 rings (SSSR count). The van der Waals surface area contributed by atoms with Gasteiger partial charge in [-0.3, -0.25) is 9.67 Å². The Kier molecular flexibility index (Phi) is 6.39. The number of guanidine groups is 1. The average Bonchev–Trinajstić information content (AvgIpc) is 3.14. The van der Waals surface area contributed by atoms with Gasteiger partial charge in [0.1, 0.15) is 0 Å². The lowest BCUT2D eigenvalue weighted by atomic mass is 10.2. The van der Waals surface area contributed by atoms with Crippen LogP contribution in [0.25, 0.3) is 0 Å². The van der Waals surface area contributed by atoms with Gasteiger partial charge in [0.05, 0.1) is 10.7 Å². The Bertz CT molecular complexity index is 575. The molecule has 0 aliphatic rings. The van der Waals surface area contributed by atoms with E-state index >= 15 is 0 Å². The van der Waals surface area contributed by atoms with Crippen molar-refractivity contribution in [3.63, 3.8) is 0 Å². The predicted molar refractivity (Wildman–Crippen MR) is 91.3 cm³/mol. The monoisotopic (exact) mass is 320 g/mol. The minimum Gasteiger partial charge on any atom is -0.356 e. The van der Waals surface area contributed by atoms with Gasteiger partial charge in [0.25, 0.3) is 0 Å². The van der Waals surface area contributed by atoms with Crippen LogP contribution in [0.2, 0.25) is 0 Å². The Labute approximate surface area is 135 Å². The summed E-state index contributed by atoms with van der Waals surface area (Å²) < 4.78 is 1.95. The summed E-state index contributed by atoms with van der Waals surface area (Å²) in [5.41, 5.74) is 1.14. The summed E-state index contributed by atoms with van der Waals surface area (Å²) in [5.74, 6) is 1.30. The maximum Gasteiger partial charge on any atom is 0.190 e. The van der Waals surface area contributed by atoms with Gasteiger partial charge in [-0.25, -0.2) is 4.98 Å². The van der Waals surface area contributed by atoms with Gasteiger partial charge in [0, 0.05) is 50.9 Å². The summed E-state index contributed by atoms with van der Waals surface area (Å²) in [7, 11) is 1.79. The fraction of sp³-hybridized carbons (Fsp3) is 0.533. The normalized spacial score (nSPS) is 13.1. The Morgan fingerprint density at radius 2 is 2.32 bits per heavy atom. The molecule has 0 aromatic carbocycles. The van der Waals surface area contributed by atoms with E-state index in [1.807, 2.05) is 23.9 Å². The van der Waals surface area contributed by atoms with Crippen molar-refractivity contribution in [2.45, 2.75) is 26.8 Å². The zero-order valence-corrected chi connectivity index (χ0v) is 14.2. The molecular weight excluding hydrogens is 296 g/mol. The lowest BCUT2D eigenvalue weighted by molar-refractivity contribution is 0.443. The first-order valence-corrected chi connectivity index (χ1v) is 8.38. The quantitative estimate of drug-likeness (QED) is 0.602. The number of aryl methyl sites for hydroxylation is 1. The fourth-order valence-corrected chi connectivity index (χ4v) is 2.76. The Hall–Kier alpha value is -1.89.